The monoisotopic (exact) mass is 243 g/mol. The highest BCUT2D eigenvalue weighted by Crippen LogP contribution is 2.22. The van der Waals surface area contributed by atoms with Gasteiger partial charge in [0.1, 0.15) is 0 Å². The fraction of sp³-hybridized carbons (Fsp3) is 0.846. The standard InChI is InChI=1S/C13H25NO3/c1-6-9(2)7-11(15)14-10(8-12(16)17)13(3,4)5/h9-10H,6-8H2,1-5H3,(H,14,15)(H,16,17). The first-order valence-corrected chi connectivity index (χ1v) is 6.18. The van der Waals surface area contributed by atoms with Crippen molar-refractivity contribution in [2.45, 2.75) is 59.9 Å². The number of carboxylic acids is 1. The third-order valence-electron chi connectivity index (χ3n) is 2.99. The summed E-state index contributed by atoms with van der Waals surface area (Å²) in [6.45, 7) is 9.86. The largest absolute Gasteiger partial charge is 0.481 e. The molecule has 0 aromatic rings. The Morgan fingerprint density at radius 3 is 2.12 bits per heavy atom. The average molecular weight is 243 g/mol. The molecule has 0 bridgehead atoms. The third-order valence-corrected chi connectivity index (χ3v) is 2.99. The van der Waals surface area contributed by atoms with Gasteiger partial charge in [-0.25, -0.2) is 0 Å². The van der Waals surface area contributed by atoms with E-state index in [-0.39, 0.29) is 23.8 Å². The minimum atomic E-state index is -0.881. The summed E-state index contributed by atoms with van der Waals surface area (Å²) < 4.78 is 0. The van der Waals surface area contributed by atoms with Crippen LogP contribution in [0.2, 0.25) is 0 Å². The van der Waals surface area contributed by atoms with Gasteiger partial charge in [0.15, 0.2) is 0 Å². The molecular formula is C13H25NO3. The molecule has 2 unspecified atom stereocenters. The van der Waals surface area contributed by atoms with Gasteiger partial charge in [-0.15, -0.1) is 0 Å². The predicted octanol–water partition coefficient (Wildman–Crippen LogP) is 2.43. The maximum absolute atomic E-state index is 11.7. The summed E-state index contributed by atoms with van der Waals surface area (Å²) in [4.78, 5) is 22.5. The van der Waals surface area contributed by atoms with Crippen molar-refractivity contribution in [3.63, 3.8) is 0 Å². The number of carboxylic acid groups (broad SMARTS) is 1. The Morgan fingerprint density at radius 2 is 1.76 bits per heavy atom. The molecule has 0 heterocycles. The SMILES string of the molecule is CCC(C)CC(=O)NC(CC(=O)O)C(C)(C)C. The molecule has 0 fully saturated rings. The van der Waals surface area contributed by atoms with Crippen molar-refractivity contribution in [3.05, 3.63) is 0 Å². The second-order valence-electron chi connectivity index (χ2n) is 5.80. The van der Waals surface area contributed by atoms with Gasteiger partial charge in [0.05, 0.1) is 6.42 Å². The zero-order valence-electron chi connectivity index (χ0n) is 11.5. The first kappa shape index (κ1) is 15.9. The number of carbonyl (C=O) groups excluding carboxylic acids is 1. The predicted molar refractivity (Wildman–Crippen MR) is 67.7 cm³/mol. The number of rotatable bonds is 6. The molecule has 2 N–H and O–H groups in total. The maximum atomic E-state index is 11.7. The minimum absolute atomic E-state index is 0.0320. The fourth-order valence-electron chi connectivity index (χ4n) is 1.46. The van der Waals surface area contributed by atoms with Crippen LogP contribution in [-0.4, -0.2) is 23.0 Å². The van der Waals surface area contributed by atoms with Crippen LogP contribution in [0.5, 0.6) is 0 Å². The summed E-state index contributed by atoms with van der Waals surface area (Å²) >= 11 is 0. The molecule has 0 rings (SSSR count). The summed E-state index contributed by atoms with van der Waals surface area (Å²) in [5.74, 6) is -0.602. The van der Waals surface area contributed by atoms with E-state index in [0.717, 1.165) is 6.42 Å². The van der Waals surface area contributed by atoms with Crippen molar-refractivity contribution in [3.8, 4) is 0 Å². The summed E-state index contributed by atoms with van der Waals surface area (Å²) in [5.41, 5.74) is -0.247. The average Bonchev–Trinajstić information content (AvgIpc) is 2.14. The Bertz CT molecular complexity index is 268. The van der Waals surface area contributed by atoms with E-state index in [9.17, 15) is 9.59 Å². The lowest BCUT2D eigenvalue weighted by Gasteiger charge is -2.30. The molecule has 0 saturated heterocycles. The summed E-state index contributed by atoms with van der Waals surface area (Å²) in [6.07, 6.45) is 1.38. The Morgan fingerprint density at radius 1 is 1.24 bits per heavy atom. The Labute approximate surface area is 104 Å². The Kier molecular flexibility index (Phi) is 6.21. The second-order valence-corrected chi connectivity index (χ2v) is 5.80. The lowest BCUT2D eigenvalue weighted by atomic mass is 9.84. The molecule has 0 aliphatic heterocycles. The van der Waals surface area contributed by atoms with E-state index in [1.807, 2.05) is 34.6 Å². The molecule has 4 heteroatoms. The van der Waals surface area contributed by atoms with Crippen LogP contribution in [0.1, 0.15) is 53.9 Å². The first-order valence-electron chi connectivity index (χ1n) is 6.18. The van der Waals surface area contributed by atoms with Crippen LogP contribution in [0.3, 0.4) is 0 Å². The van der Waals surface area contributed by atoms with Crippen molar-refractivity contribution >= 4 is 11.9 Å². The first-order chi connectivity index (χ1) is 7.66. The van der Waals surface area contributed by atoms with Gasteiger partial charge in [-0.2, -0.15) is 0 Å². The molecule has 0 aromatic heterocycles. The molecule has 2 atom stereocenters. The lowest BCUT2D eigenvalue weighted by molar-refractivity contribution is -0.138. The zero-order chi connectivity index (χ0) is 13.6. The van der Waals surface area contributed by atoms with Crippen molar-refractivity contribution < 1.29 is 14.7 Å². The third kappa shape index (κ3) is 6.97. The molecule has 0 radical (unpaired) electrons. The minimum Gasteiger partial charge on any atom is -0.481 e. The van der Waals surface area contributed by atoms with E-state index in [1.165, 1.54) is 0 Å². The number of hydrogen-bond acceptors (Lipinski definition) is 2. The fourth-order valence-corrected chi connectivity index (χ4v) is 1.46. The van der Waals surface area contributed by atoms with Crippen LogP contribution >= 0.6 is 0 Å². The molecule has 0 aliphatic rings. The van der Waals surface area contributed by atoms with Gasteiger partial charge in [0, 0.05) is 12.5 Å². The van der Waals surface area contributed by atoms with Crippen LogP contribution in [0.25, 0.3) is 0 Å². The normalized spacial score (nSPS) is 15.1. The van der Waals surface area contributed by atoms with Crippen LogP contribution < -0.4 is 5.32 Å². The number of carbonyl (C=O) groups is 2. The number of hydrogen-bond donors (Lipinski definition) is 2. The van der Waals surface area contributed by atoms with E-state index in [1.54, 1.807) is 0 Å². The van der Waals surface area contributed by atoms with E-state index in [4.69, 9.17) is 5.11 Å². The number of amides is 1. The molecular weight excluding hydrogens is 218 g/mol. The van der Waals surface area contributed by atoms with Crippen LogP contribution in [0.15, 0.2) is 0 Å². The van der Waals surface area contributed by atoms with Gasteiger partial charge >= 0.3 is 5.97 Å². The van der Waals surface area contributed by atoms with Crippen molar-refractivity contribution in [2.75, 3.05) is 0 Å². The van der Waals surface area contributed by atoms with Crippen molar-refractivity contribution in [1.29, 1.82) is 0 Å². The molecule has 17 heavy (non-hydrogen) atoms. The molecule has 1 amide bonds. The van der Waals surface area contributed by atoms with Crippen LogP contribution in [0, 0.1) is 11.3 Å². The highest BCUT2D eigenvalue weighted by Gasteiger charge is 2.28. The molecule has 0 saturated carbocycles. The topological polar surface area (TPSA) is 66.4 Å². The van der Waals surface area contributed by atoms with Gasteiger partial charge in [0.25, 0.3) is 0 Å². The van der Waals surface area contributed by atoms with Gasteiger partial charge in [-0.1, -0.05) is 41.0 Å². The van der Waals surface area contributed by atoms with Gasteiger partial charge < -0.3 is 10.4 Å². The molecule has 0 aromatic carbocycles. The quantitative estimate of drug-likeness (QED) is 0.753. The van der Waals surface area contributed by atoms with E-state index in [2.05, 4.69) is 5.32 Å². The highest BCUT2D eigenvalue weighted by atomic mass is 16.4. The smallest absolute Gasteiger partial charge is 0.305 e. The van der Waals surface area contributed by atoms with Gasteiger partial charge in [-0.3, -0.25) is 9.59 Å². The molecule has 100 valence electrons. The molecule has 4 nitrogen and oxygen atoms in total. The van der Waals surface area contributed by atoms with Gasteiger partial charge in [-0.05, 0) is 11.3 Å². The summed E-state index contributed by atoms with van der Waals surface area (Å²) in [6, 6.07) is -0.323. The maximum Gasteiger partial charge on any atom is 0.305 e. The number of aliphatic carboxylic acids is 1. The van der Waals surface area contributed by atoms with Crippen molar-refractivity contribution in [1.82, 2.24) is 5.32 Å². The Balaban J connectivity index is 4.44. The van der Waals surface area contributed by atoms with Crippen molar-refractivity contribution in [2.24, 2.45) is 11.3 Å². The molecule has 0 spiro atoms. The summed E-state index contributed by atoms with van der Waals surface area (Å²) in [5, 5.41) is 11.7. The Hall–Kier alpha value is -1.06. The second kappa shape index (κ2) is 6.62. The summed E-state index contributed by atoms with van der Waals surface area (Å²) in [7, 11) is 0. The number of nitrogens with one attached hydrogen (secondary N) is 1. The van der Waals surface area contributed by atoms with E-state index >= 15 is 0 Å². The molecule has 0 aliphatic carbocycles. The zero-order valence-corrected chi connectivity index (χ0v) is 11.5. The highest BCUT2D eigenvalue weighted by molar-refractivity contribution is 5.77. The van der Waals surface area contributed by atoms with Crippen LogP contribution in [-0.2, 0) is 9.59 Å². The van der Waals surface area contributed by atoms with E-state index < -0.39 is 5.97 Å². The lowest BCUT2D eigenvalue weighted by Crippen LogP contribution is -2.45. The van der Waals surface area contributed by atoms with Crippen LogP contribution in [0.4, 0.5) is 0 Å². The van der Waals surface area contributed by atoms with E-state index in [0.29, 0.717) is 12.3 Å². The van der Waals surface area contributed by atoms with Gasteiger partial charge in [0.2, 0.25) is 5.91 Å².